The molecule has 7 nitrogen and oxygen atoms in total. The fourth-order valence-electron chi connectivity index (χ4n) is 1.65. The number of nitriles is 1. The van der Waals surface area contributed by atoms with Crippen LogP contribution in [0.15, 0.2) is 11.8 Å². The summed E-state index contributed by atoms with van der Waals surface area (Å²) in [4.78, 5) is 22.6. The molecule has 1 aliphatic rings. The van der Waals surface area contributed by atoms with Gasteiger partial charge in [-0.2, -0.15) is 5.26 Å². The molecule has 0 aromatic carbocycles. The lowest BCUT2D eigenvalue weighted by Crippen LogP contribution is -2.39. The van der Waals surface area contributed by atoms with Gasteiger partial charge in [0.15, 0.2) is 0 Å². The fourth-order valence-corrected chi connectivity index (χ4v) is 1.65. The third-order valence-electron chi connectivity index (χ3n) is 2.60. The van der Waals surface area contributed by atoms with Crippen LogP contribution < -0.4 is 10.7 Å². The van der Waals surface area contributed by atoms with Gasteiger partial charge < -0.3 is 10.2 Å². The topological polar surface area (TPSA) is 94.5 Å². The Balaban J connectivity index is 2.48. The lowest BCUT2D eigenvalue weighted by atomic mass is 10.2. The number of rotatable bonds is 4. The van der Waals surface area contributed by atoms with Crippen LogP contribution in [0.5, 0.6) is 0 Å². The monoisotopic (exact) mass is 266 g/mol. The molecule has 1 fully saturated rings. The number of ether oxygens (including phenoxy) is 1. The largest absolute Gasteiger partial charge is 0.450 e. The smallest absolute Gasteiger partial charge is 0.414 e. The number of alkyl carbamates (subject to hydrolysis) is 1. The molecule has 0 aromatic heterocycles. The van der Waals surface area contributed by atoms with Gasteiger partial charge in [0.2, 0.25) is 0 Å². The highest BCUT2D eigenvalue weighted by Gasteiger charge is 2.14. The number of nitrogens with one attached hydrogen (secondary N) is 2. The molecule has 2 N–H and O–H groups in total. The molecule has 104 valence electrons. The van der Waals surface area contributed by atoms with Gasteiger partial charge in [-0.1, -0.05) is 6.42 Å². The van der Waals surface area contributed by atoms with Crippen LogP contribution in [0.4, 0.5) is 4.79 Å². The highest BCUT2D eigenvalue weighted by atomic mass is 16.5. The first-order valence-electron chi connectivity index (χ1n) is 6.27. The van der Waals surface area contributed by atoms with Gasteiger partial charge >= 0.3 is 6.09 Å². The van der Waals surface area contributed by atoms with E-state index in [0.717, 1.165) is 25.9 Å². The van der Waals surface area contributed by atoms with Crippen molar-refractivity contribution >= 4 is 12.0 Å². The van der Waals surface area contributed by atoms with E-state index in [9.17, 15) is 9.59 Å². The van der Waals surface area contributed by atoms with E-state index in [2.05, 4.69) is 10.2 Å². The Morgan fingerprint density at radius 1 is 1.37 bits per heavy atom. The Labute approximate surface area is 112 Å². The van der Waals surface area contributed by atoms with Gasteiger partial charge in [-0.15, -0.1) is 0 Å². The molecule has 0 saturated carbocycles. The average molecular weight is 266 g/mol. The fraction of sp³-hybridized carbons (Fsp3) is 0.583. The maximum absolute atomic E-state index is 11.6. The Hall–Kier alpha value is -2.07. The van der Waals surface area contributed by atoms with Crippen molar-refractivity contribution in [2.45, 2.75) is 26.2 Å². The normalized spacial score (nSPS) is 16.3. The molecule has 0 bridgehead atoms. The van der Waals surface area contributed by atoms with Crippen molar-refractivity contribution in [3.8, 4) is 6.07 Å². The number of hydrogen-bond donors (Lipinski definition) is 2. The minimum absolute atomic E-state index is 0.163. The summed E-state index contributed by atoms with van der Waals surface area (Å²) in [5.41, 5.74) is 2.73. The van der Waals surface area contributed by atoms with Gasteiger partial charge in [0.1, 0.15) is 11.6 Å². The van der Waals surface area contributed by atoms with E-state index < -0.39 is 12.0 Å². The van der Waals surface area contributed by atoms with Gasteiger partial charge in [0.25, 0.3) is 5.91 Å². The van der Waals surface area contributed by atoms with Gasteiger partial charge in [-0.25, -0.2) is 9.80 Å². The zero-order valence-corrected chi connectivity index (χ0v) is 10.9. The number of carbonyl (C=O) groups is 2. The summed E-state index contributed by atoms with van der Waals surface area (Å²) in [5, 5.41) is 12.8. The van der Waals surface area contributed by atoms with Crippen molar-refractivity contribution < 1.29 is 14.3 Å². The number of amides is 2. The summed E-state index contributed by atoms with van der Waals surface area (Å²) in [6, 6.07) is 1.74. The zero-order chi connectivity index (χ0) is 14.1. The molecule has 1 aliphatic heterocycles. The number of hydrogen-bond acceptors (Lipinski definition) is 6. The highest BCUT2D eigenvalue weighted by Crippen LogP contribution is 2.06. The van der Waals surface area contributed by atoms with Crippen molar-refractivity contribution in [3.63, 3.8) is 0 Å². The van der Waals surface area contributed by atoms with Crippen molar-refractivity contribution in [2.24, 2.45) is 0 Å². The molecule has 0 aromatic rings. The van der Waals surface area contributed by atoms with E-state index in [4.69, 9.17) is 5.26 Å². The first-order chi connectivity index (χ1) is 9.17. The summed E-state index contributed by atoms with van der Waals surface area (Å²) < 4.78 is 4.56. The molecule has 1 saturated heterocycles. The molecule has 19 heavy (non-hydrogen) atoms. The third-order valence-corrected chi connectivity index (χ3v) is 2.60. The quantitative estimate of drug-likeness (QED) is 0.573. The second-order valence-electron chi connectivity index (χ2n) is 4.02. The van der Waals surface area contributed by atoms with Gasteiger partial charge in [0, 0.05) is 19.3 Å². The molecule has 2 amide bonds. The zero-order valence-electron chi connectivity index (χ0n) is 10.9. The highest BCUT2D eigenvalue weighted by molar-refractivity contribution is 6.04. The lowest BCUT2D eigenvalue weighted by molar-refractivity contribution is -0.116. The van der Waals surface area contributed by atoms with Crippen LogP contribution in [-0.4, -0.2) is 36.7 Å². The molecule has 0 radical (unpaired) electrons. The van der Waals surface area contributed by atoms with Crippen LogP contribution in [0.2, 0.25) is 0 Å². The summed E-state index contributed by atoms with van der Waals surface area (Å²) in [6.45, 7) is 3.53. The van der Waals surface area contributed by atoms with E-state index >= 15 is 0 Å². The summed E-state index contributed by atoms with van der Waals surface area (Å²) in [7, 11) is 0. The molecule has 0 unspecified atom stereocenters. The van der Waals surface area contributed by atoms with Gasteiger partial charge in [0.05, 0.1) is 6.61 Å². The van der Waals surface area contributed by atoms with Crippen molar-refractivity contribution in [1.82, 2.24) is 15.8 Å². The van der Waals surface area contributed by atoms with Crippen LogP contribution in [-0.2, 0) is 9.53 Å². The summed E-state index contributed by atoms with van der Waals surface area (Å²) in [5.74, 6) is -0.773. The van der Waals surface area contributed by atoms with Gasteiger partial charge in [-0.05, 0) is 19.8 Å². The molecule has 1 heterocycles. The Morgan fingerprint density at radius 3 is 2.63 bits per heavy atom. The van der Waals surface area contributed by atoms with Crippen LogP contribution in [0.1, 0.15) is 26.2 Å². The molecular formula is C12H18N4O3. The Bertz CT molecular complexity index is 394. The van der Waals surface area contributed by atoms with Crippen LogP contribution in [0, 0.1) is 11.3 Å². The van der Waals surface area contributed by atoms with Gasteiger partial charge in [-0.3, -0.25) is 10.1 Å². The van der Waals surface area contributed by atoms with Crippen molar-refractivity contribution in [3.05, 3.63) is 11.8 Å². The Morgan fingerprint density at radius 2 is 2.05 bits per heavy atom. The van der Waals surface area contributed by atoms with Crippen molar-refractivity contribution in [1.29, 1.82) is 5.26 Å². The van der Waals surface area contributed by atoms with Crippen molar-refractivity contribution in [2.75, 3.05) is 19.7 Å². The first-order valence-corrected chi connectivity index (χ1v) is 6.27. The van der Waals surface area contributed by atoms with E-state index in [1.807, 2.05) is 10.3 Å². The average Bonchev–Trinajstić information content (AvgIpc) is 2.40. The Kier molecular flexibility index (Phi) is 6.39. The lowest BCUT2D eigenvalue weighted by Gasteiger charge is -2.26. The third kappa shape index (κ3) is 5.40. The maximum atomic E-state index is 11.6. The summed E-state index contributed by atoms with van der Waals surface area (Å²) in [6.07, 6.45) is 3.80. The van der Waals surface area contributed by atoms with Crippen LogP contribution in [0.25, 0.3) is 0 Å². The molecule has 1 rings (SSSR count). The predicted molar refractivity (Wildman–Crippen MR) is 67.4 cm³/mol. The van der Waals surface area contributed by atoms with E-state index in [0.29, 0.717) is 0 Å². The second kappa shape index (κ2) is 8.11. The predicted octanol–water partition coefficient (Wildman–Crippen LogP) is 0.657. The molecule has 0 atom stereocenters. The first kappa shape index (κ1) is 15.0. The number of carbonyl (C=O) groups excluding carboxylic acids is 2. The van der Waals surface area contributed by atoms with E-state index in [-0.39, 0.29) is 12.2 Å². The number of hydrazine groups is 1. The van der Waals surface area contributed by atoms with Crippen LogP contribution >= 0.6 is 0 Å². The maximum Gasteiger partial charge on any atom is 0.414 e. The molecule has 0 spiro atoms. The minimum atomic E-state index is -0.855. The SMILES string of the molecule is CCOC(=O)NC(=O)/C(C#N)=C/NN1CCCCC1. The summed E-state index contributed by atoms with van der Waals surface area (Å²) >= 11 is 0. The van der Waals surface area contributed by atoms with E-state index in [1.165, 1.54) is 12.6 Å². The number of piperidine rings is 1. The number of nitrogens with zero attached hydrogens (tertiary/aromatic N) is 2. The molecular weight excluding hydrogens is 248 g/mol. The van der Waals surface area contributed by atoms with Crippen LogP contribution in [0.3, 0.4) is 0 Å². The van der Waals surface area contributed by atoms with E-state index in [1.54, 1.807) is 13.0 Å². The molecule has 7 heteroatoms. The standard InChI is InChI=1S/C12H18N4O3/c1-2-19-12(18)15-11(17)10(8-13)9-14-16-6-4-3-5-7-16/h9,14H,2-7H2,1H3,(H,15,17,18)/b10-9+. The minimum Gasteiger partial charge on any atom is -0.450 e. The molecule has 0 aliphatic carbocycles. The second-order valence-corrected chi connectivity index (χ2v) is 4.02. The number of imide groups is 1.